The highest BCUT2D eigenvalue weighted by Crippen LogP contribution is 2.38. The zero-order chi connectivity index (χ0) is 15.3. The monoisotopic (exact) mass is 310 g/mol. The molecule has 0 atom stereocenters. The third-order valence-corrected chi connectivity index (χ3v) is 5.47. The van der Waals surface area contributed by atoms with Gasteiger partial charge in [0.05, 0.1) is 9.58 Å². The van der Waals surface area contributed by atoms with Crippen molar-refractivity contribution in [3.05, 3.63) is 52.7 Å². The maximum absolute atomic E-state index is 12.5. The van der Waals surface area contributed by atoms with E-state index in [0.717, 1.165) is 16.1 Å². The molecule has 1 N–H and O–H groups in total. The Balaban J connectivity index is 1.59. The number of aryl methyl sites for hydroxylation is 1. The van der Waals surface area contributed by atoms with Crippen molar-refractivity contribution in [3.8, 4) is 0 Å². The molecular formula is C18H18N2OS. The summed E-state index contributed by atoms with van der Waals surface area (Å²) in [4.78, 5) is 13.2. The second-order valence-electron chi connectivity index (χ2n) is 6.07. The molecule has 112 valence electrons. The van der Waals surface area contributed by atoms with Crippen LogP contribution < -0.4 is 5.32 Å². The van der Waals surface area contributed by atoms with Crippen LogP contribution in [0.2, 0.25) is 0 Å². The Morgan fingerprint density at radius 3 is 2.82 bits per heavy atom. The minimum absolute atomic E-state index is 0.0205. The third kappa shape index (κ3) is 2.33. The highest BCUT2D eigenvalue weighted by molar-refractivity contribution is 7.20. The Morgan fingerprint density at radius 2 is 2.09 bits per heavy atom. The van der Waals surface area contributed by atoms with Crippen LogP contribution in [0, 0.1) is 13.8 Å². The predicted molar refractivity (Wildman–Crippen MR) is 92.0 cm³/mol. The number of rotatable bonds is 3. The Hall–Kier alpha value is -2.07. The van der Waals surface area contributed by atoms with Crippen LogP contribution >= 0.6 is 11.3 Å². The first kappa shape index (κ1) is 13.6. The zero-order valence-corrected chi connectivity index (χ0v) is 13.5. The number of thiophene rings is 1. The first-order valence-corrected chi connectivity index (χ1v) is 8.42. The van der Waals surface area contributed by atoms with Crippen molar-refractivity contribution in [3.63, 3.8) is 0 Å². The van der Waals surface area contributed by atoms with Crippen molar-refractivity contribution in [1.29, 1.82) is 0 Å². The number of nitrogens with zero attached hydrogens (tertiary/aromatic N) is 1. The van der Waals surface area contributed by atoms with E-state index in [-0.39, 0.29) is 5.91 Å². The fourth-order valence-corrected chi connectivity index (χ4v) is 3.69. The van der Waals surface area contributed by atoms with Gasteiger partial charge in [-0.3, -0.25) is 4.79 Å². The molecule has 1 saturated carbocycles. The number of carbonyl (C=O) groups is 1. The normalized spacial score (nSPS) is 14.5. The molecule has 3 nitrogen and oxygen atoms in total. The van der Waals surface area contributed by atoms with Gasteiger partial charge in [-0.2, -0.15) is 0 Å². The maximum atomic E-state index is 12.5. The Labute approximate surface area is 133 Å². The zero-order valence-electron chi connectivity index (χ0n) is 12.7. The number of amides is 1. The first-order chi connectivity index (χ1) is 10.6. The minimum atomic E-state index is -0.0205. The number of carbonyl (C=O) groups excluding carboxylic acids is 1. The molecule has 2 heterocycles. The van der Waals surface area contributed by atoms with Gasteiger partial charge >= 0.3 is 0 Å². The topological polar surface area (TPSA) is 34.0 Å². The molecule has 0 bridgehead atoms. The summed E-state index contributed by atoms with van der Waals surface area (Å²) >= 11 is 1.57. The Bertz CT molecular complexity index is 839. The predicted octanol–water partition coefficient (Wildman–Crippen LogP) is 4.91. The smallest absolute Gasteiger partial charge is 0.265 e. The maximum Gasteiger partial charge on any atom is 0.265 e. The van der Waals surface area contributed by atoms with E-state index in [2.05, 4.69) is 35.3 Å². The number of anilines is 1. The van der Waals surface area contributed by atoms with Crippen molar-refractivity contribution in [1.82, 2.24) is 4.57 Å². The Kier molecular flexibility index (Phi) is 3.08. The lowest BCUT2D eigenvalue weighted by atomic mass is 10.1. The molecule has 3 aromatic rings. The van der Waals surface area contributed by atoms with Crippen molar-refractivity contribution in [2.45, 2.75) is 32.7 Å². The minimum Gasteiger partial charge on any atom is -0.349 e. The molecule has 4 heteroatoms. The second-order valence-corrected chi connectivity index (χ2v) is 7.15. The number of fused-ring (bicyclic) bond motifs is 1. The van der Waals surface area contributed by atoms with Crippen LogP contribution in [0.3, 0.4) is 0 Å². The average molecular weight is 310 g/mol. The lowest BCUT2D eigenvalue weighted by molar-refractivity contribution is 0.103. The van der Waals surface area contributed by atoms with Crippen LogP contribution in [0.15, 0.2) is 36.7 Å². The van der Waals surface area contributed by atoms with E-state index in [1.165, 1.54) is 28.5 Å². The molecule has 0 spiro atoms. The van der Waals surface area contributed by atoms with E-state index in [4.69, 9.17) is 0 Å². The molecule has 1 aliphatic carbocycles. The summed E-state index contributed by atoms with van der Waals surface area (Å²) in [6.07, 6.45) is 6.90. The van der Waals surface area contributed by atoms with Gasteiger partial charge in [0.25, 0.3) is 5.91 Å². The fourth-order valence-electron chi connectivity index (χ4n) is 2.72. The van der Waals surface area contributed by atoms with Crippen LogP contribution in [0.4, 0.5) is 5.69 Å². The summed E-state index contributed by atoms with van der Waals surface area (Å²) < 4.78 is 3.48. The van der Waals surface area contributed by atoms with Crippen LogP contribution in [0.5, 0.6) is 0 Å². The van der Waals surface area contributed by atoms with Gasteiger partial charge in [-0.15, -0.1) is 11.3 Å². The second kappa shape index (κ2) is 4.99. The molecule has 1 aromatic carbocycles. The molecule has 2 aromatic heterocycles. The number of nitrogens with one attached hydrogen (secondary N) is 1. The molecule has 0 saturated heterocycles. The summed E-state index contributed by atoms with van der Waals surface area (Å²) in [5, 5.41) is 4.20. The summed E-state index contributed by atoms with van der Waals surface area (Å²) in [6, 6.07) is 8.67. The highest BCUT2D eigenvalue weighted by atomic mass is 32.1. The highest BCUT2D eigenvalue weighted by Gasteiger charge is 2.24. The molecule has 22 heavy (non-hydrogen) atoms. The summed E-state index contributed by atoms with van der Waals surface area (Å²) in [5.74, 6) is -0.0205. The summed E-state index contributed by atoms with van der Waals surface area (Å²) in [5.41, 5.74) is 3.21. The SMILES string of the molecule is Cc1cccc(NC(=O)c2cc3cn(C4CC4)cc3s2)c1C. The molecule has 0 aliphatic heterocycles. The quantitative estimate of drug-likeness (QED) is 0.733. The molecule has 4 rings (SSSR count). The van der Waals surface area contributed by atoms with Gasteiger partial charge in [-0.1, -0.05) is 12.1 Å². The lowest BCUT2D eigenvalue weighted by Crippen LogP contribution is -2.11. The van der Waals surface area contributed by atoms with Gasteiger partial charge in [0.2, 0.25) is 0 Å². The number of benzene rings is 1. The Morgan fingerprint density at radius 1 is 1.27 bits per heavy atom. The summed E-state index contributed by atoms with van der Waals surface area (Å²) in [6.45, 7) is 4.09. The fraction of sp³-hybridized carbons (Fsp3) is 0.278. The van der Waals surface area contributed by atoms with E-state index in [1.807, 2.05) is 25.1 Å². The van der Waals surface area contributed by atoms with Crippen molar-refractivity contribution in [2.75, 3.05) is 5.32 Å². The van der Waals surface area contributed by atoms with E-state index in [1.54, 1.807) is 11.3 Å². The van der Waals surface area contributed by atoms with Gasteiger partial charge in [0.15, 0.2) is 0 Å². The molecule has 1 aliphatic rings. The molecule has 0 unspecified atom stereocenters. The van der Waals surface area contributed by atoms with Gasteiger partial charge in [-0.05, 0) is 49.9 Å². The number of aromatic nitrogens is 1. The van der Waals surface area contributed by atoms with Gasteiger partial charge in [0.1, 0.15) is 0 Å². The molecule has 0 radical (unpaired) electrons. The van der Waals surface area contributed by atoms with Crippen LogP contribution in [-0.2, 0) is 0 Å². The van der Waals surface area contributed by atoms with Crippen LogP contribution in [-0.4, -0.2) is 10.5 Å². The summed E-state index contributed by atoms with van der Waals surface area (Å²) in [7, 11) is 0. The standard InChI is InChI=1S/C18H18N2OS/c1-11-4-3-5-15(12(11)2)19-18(21)16-8-13-9-20(14-6-7-14)10-17(13)22-16/h3-5,8-10,14H,6-7H2,1-2H3,(H,19,21). The third-order valence-electron chi connectivity index (χ3n) is 4.39. The van der Waals surface area contributed by atoms with Crippen molar-refractivity contribution >= 4 is 33.0 Å². The lowest BCUT2D eigenvalue weighted by Gasteiger charge is -2.09. The number of hydrogen-bond donors (Lipinski definition) is 1. The number of hydrogen-bond acceptors (Lipinski definition) is 2. The van der Waals surface area contributed by atoms with Gasteiger partial charge in [0, 0.05) is 29.5 Å². The van der Waals surface area contributed by atoms with E-state index < -0.39 is 0 Å². The average Bonchev–Trinajstić information content (AvgIpc) is 3.14. The first-order valence-electron chi connectivity index (χ1n) is 7.60. The van der Waals surface area contributed by atoms with E-state index in [9.17, 15) is 4.79 Å². The van der Waals surface area contributed by atoms with E-state index >= 15 is 0 Å². The van der Waals surface area contributed by atoms with Crippen molar-refractivity contribution < 1.29 is 4.79 Å². The van der Waals surface area contributed by atoms with Crippen LogP contribution in [0.25, 0.3) is 10.1 Å². The largest absolute Gasteiger partial charge is 0.349 e. The van der Waals surface area contributed by atoms with Crippen LogP contribution in [0.1, 0.15) is 39.7 Å². The molecule has 1 fully saturated rings. The molecular weight excluding hydrogens is 292 g/mol. The van der Waals surface area contributed by atoms with Gasteiger partial charge < -0.3 is 9.88 Å². The van der Waals surface area contributed by atoms with Crippen molar-refractivity contribution in [2.24, 2.45) is 0 Å². The van der Waals surface area contributed by atoms with E-state index in [0.29, 0.717) is 6.04 Å². The van der Waals surface area contributed by atoms with Gasteiger partial charge in [-0.25, -0.2) is 0 Å². The molecule has 1 amide bonds.